The summed E-state index contributed by atoms with van der Waals surface area (Å²) in [7, 11) is 4.20. The Morgan fingerprint density at radius 2 is 1.42 bits per heavy atom. The second-order valence-corrected chi connectivity index (χ2v) is 7.27. The standard InChI is InChI=1S/C15H26N2S2/c1-7-16(5)11-12(14(19)13(11)18)17(6)10-8-9-15(2,3)4/h7-10H2,1-6H3. The maximum Gasteiger partial charge on any atom is 0.0834 e. The van der Waals surface area contributed by atoms with Crippen molar-refractivity contribution in [1.29, 1.82) is 0 Å². The van der Waals surface area contributed by atoms with E-state index in [2.05, 4.69) is 51.6 Å². The molecule has 0 atom stereocenters. The summed E-state index contributed by atoms with van der Waals surface area (Å²) >= 11 is 10.8. The van der Waals surface area contributed by atoms with E-state index < -0.39 is 0 Å². The average molecular weight is 299 g/mol. The van der Waals surface area contributed by atoms with E-state index in [0.717, 1.165) is 27.8 Å². The zero-order chi connectivity index (χ0) is 14.8. The maximum atomic E-state index is 5.40. The van der Waals surface area contributed by atoms with Crippen molar-refractivity contribution in [2.24, 2.45) is 5.41 Å². The van der Waals surface area contributed by atoms with Crippen molar-refractivity contribution < 1.29 is 0 Å². The van der Waals surface area contributed by atoms with Gasteiger partial charge >= 0.3 is 0 Å². The van der Waals surface area contributed by atoms with Gasteiger partial charge in [0.05, 0.1) is 20.4 Å². The van der Waals surface area contributed by atoms with Gasteiger partial charge in [-0.25, -0.2) is 0 Å². The molecular formula is C15H26N2S2. The Hall–Kier alpha value is -0.480. The van der Waals surface area contributed by atoms with Crippen LogP contribution < -0.4 is 9.80 Å². The summed E-state index contributed by atoms with van der Waals surface area (Å²) in [5.41, 5.74) is 2.72. The Balaban J connectivity index is 2.73. The molecule has 0 heterocycles. The first-order valence-electron chi connectivity index (χ1n) is 6.94. The molecule has 108 valence electrons. The summed E-state index contributed by atoms with van der Waals surface area (Å²) < 4.78 is 1.72. The highest BCUT2D eigenvalue weighted by atomic mass is 32.1. The van der Waals surface area contributed by atoms with Crippen molar-refractivity contribution in [3.63, 3.8) is 0 Å². The lowest BCUT2D eigenvalue weighted by Gasteiger charge is -2.31. The normalized spacial score (nSPS) is 11.9. The van der Waals surface area contributed by atoms with Crippen LogP contribution in [0.25, 0.3) is 0 Å². The lowest BCUT2D eigenvalue weighted by Crippen LogP contribution is -2.27. The van der Waals surface area contributed by atoms with Gasteiger partial charge in [-0.1, -0.05) is 45.2 Å². The molecule has 1 aromatic carbocycles. The van der Waals surface area contributed by atoms with Gasteiger partial charge in [0.15, 0.2) is 0 Å². The minimum absolute atomic E-state index is 0.397. The van der Waals surface area contributed by atoms with Crippen LogP contribution >= 0.6 is 24.4 Å². The fourth-order valence-corrected chi connectivity index (χ4v) is 2.89. The zero-order valence-electron chi connectivity index (χ0n) is 13.0. The van der Waals surface area contributed by atoms with Crippen LogP contribution in [0.5, 0.6) is 0 Å². The van der Waals surface area contributed by atoms with Gasteiger partial charge in [0.1, 0.15) is 0 Å². The van der Waals surface area contributed by atoms with Crippen molar-refractivity contribution in [1.82, 2.24) is 0 Å². The van der Waals surface area contributed by atoms with Crippen molar-refractivity contribution in [3.8, 4) is 0 Å². The molecule has 0 aliphatic carbocycles. The topological polar surface area (TPSA) is 6.48 Å². The lowest BCUT2D eigenvalue weighted by molar-refractivity contribution is 0.367. The van der Waals surface area contributed by atoms with Crippen LogP contribution in [0.4, 0.5) is 11.4 Å². The molecule has 0 radical (unpaired) electrons. The second-order valence-electron chi connectivity index (χ2n) is 6.46. The van der Waals surface area contributed by atoms with E-state index in [-0.39, 0.29) is 0 Å². The SMILES string of the molecule is CCN(C)c1c(N(C)CCCC(C)(C)C)c(=S)c1=S. The number of hydrogen-bond donors (Lipinski definition) is 0. The minimum atomic E-state index is 0.397. The molecular weight excluding hydrogens is 272 g/mol. The Labute approximate surface area is 128 Å². The minimum Gasteiger partial charge on any atom is -0.372 e. The van der Waals surface area contributed by atoms with Crippen LogP contribution in [-0.4, -0.2) is 27.2 Å². The van der Waals surface area contributed by atoms with E-state index in [1.165, 1.54) is 18.5 Å². The Morgan fingerprint density at radius 3 is 1.84 bits per heavy atom. The third-order valence-corrected chi connectivity index (χ3v) is 4.44. The predicted molar refractivity (Wildman–Crippen MR) is 91.4 cm³/mol. The predicted octanol–water partition coefficient (Wildman–Crippen LogP) is 4.74. The highest BCUT2D eigenvalue weighted by Gasteiger charge is 2.21. The third-order valence-electron chi connectivity index (χ3n) is 3.52. The smallest absolute Gasteiger partial charge is 0.0834 e. The Morgan fingerprint density at radius 1 is 0.947 bits per heavy atom. The summed E-state index contributed by atoms with van der Waals surface area (Å²) in [6.07, 6.45) is 2.41. The molecule has 1 rings (SSSR count). The van der Waals surface area contributed by atoms with E-state index >= 15 is 0 Å². The average Bonchev–Trinajstić information content (AvgIpc) is 2.31. The highest BCUT2D eigenvalue weighted by Crippen LogP contribution is 2.37. The van der Waals surface area contributed by atoms with Crippen LogP contribution in [-0.2, 0) is 0 Å². The van der Waals surface area contributed by atoms with Crippen LogP contribution in [0.1, 0.15) is 40.5 Å². The van der Waals surface area contributed by atoms with Gasteiger partial charge in [-0.2, -0.15) is 0 Å². The van der Waals surface area contributed by atoms with E-state index in [4.69, 9.17) is 24.4 Å². The van der Waals surface area contributed by atoms with Gasteiger partial charge in [0, 0.05) is 27.2 Å². The fourth-order valence-electron chi connectivity index (χ4n) is 2.19. The largest absolute Gasteiger partial charge is 0.372 e. The van der Waals surface area contributed by atoms with Crippen LogP contribution in [0.3, 0.4) is 0 Å². The van der Waals surface area contributed by atoms with E-state index in [1.807, 2.05) is 0 Å². The zero-order valence-corrected chi connectivity index (χ0v) is 14.7. The molecule has 19 heavy (non-hydrogen) atoms. The molecule has 0 fully saturated rings. The number of anilines is 2. The maximum absolute atomic E-state index is 5.40. The number of rotatable bonds is 6. The third kappa shape index (κ3) is 3.99. The molecule has 1 aromatic rings. The van der Waals surface area contributed by atoms with Gasteiger partial charge in [-0.15, -0.1) is 0 Å². The van der Waals surface area contributed by atoms with Crippen molar-refractivity contribution in [3.05, 3.63) is 9.02 Å². The summed E-state index contributed by atoms with van der Waals surface area (Å²) in [6.45, 7) is 11.0. The molecule has 0 aliphatic rings. The first-order chi connectivity index (χ1) is 8.69. The molecule has 0 saturated heterocycles. The van der Waals surface area contributed by atoms with E-state index in [1.54, 1.807) is 0 Å². The molecule has 0 unspecified atom stereocenters. The fraction of sp³-hybridized carbons (Fsp3) is 0.733. The molecule has 0 N–H and O–H groups in total. The molecule has 0 amide bonds. The van der Waals surface area contributed by atoms with Crippen molar-refractivity contribution in [2.45, 2.75) is 40.5 Å². The summed E-state index contributed by atoms with van der Waals surface area (Å²) in [6, 6.07) is 0. The van der Waals surface area contributed by atoms with Crippen molar-refractivity contribution in [2.75, 3.05) is 37.0 Å². The second kappa shape index (κ2) is 6.31. The van der Waals surface area contributed by atoms with E-state index in [0.29, 0.717) is 5.41 Å². The molecule has 0 aromatic heterocycles. The molecule has 2 nitrogen and oxygen atoms in total. The van der Waals surface area contributed by atoms with Gasteiger partial charge in [-0.05, 0) is 25.2 Å². The molecule has 0 aliphatic heterocycles. The summed E-state index contributed by atoms with van der Waals surface area (Å²) in [5, 5.41) is 0. The van der Waals surface area contributed by atoms with Gasteiger partial charge in [-0.3, -0.25) is 0 Å². The van der Waals surface area contributed by atoms with Gasteiger partial charge in [0.25, 0.3) is 0 Å². The highest BCUT2D eigenvalue weighted by molar-refractivity contribution is 7.74. The van der Waals surface area contributed by atoms with Crippen molar-refractivity contribution >= 4 is 35.8 Å². The van der Waals surface area contributed by atoms with Gasteiger partial charge < -0.3 is 9.80 Å². The number of nitrogens with zero attached hydrogens (tertiary/aromatic N) is 2. The Bertz CT molecular complexity index is 493. The first kappa shape index (κ1) is 16.6. The monoisotopic (exact) mass is 298 g/mol. The Kier molecular flexibility index (Phi) is 5.51. The quantitative estimate of drug-likeness (QED) is 0.699. The molecule has 4 heteroatoms. The first-order valence-corrected chi connectivity index (χ1v) is 7.76. The summed E-state index contributed by atoms with van der Waals surface area (Å²) in [5.74, 6) is 0. The van der Waals surface area contributed by atoms with Crippen LogP contribution in [0.15, 0.2) is 0 Å². The molecule has 0 bridgehead atoms. The van der Waals surface area contributed by atoms with E-state index in [9.17, 15) is 0 Å². The molecule has 0 spiro atoms. The molecule has 0 saturated carbocycles. The number of hydrogen-bond acceptors (Lipinski definition) is 4. The van der Waals surface area contributed by atoms with Crippen LogP contribution in [0, 0.1) is 14.4 Å². The van der Waals surface area contributed by atoms with Gasteiger partial charge in [0.2, 0.25) is 0 Å². The lowest BCUT2D eigenvalue weighted by atomic mass is 9.90. The summed E-state index contributed by atoms with van der Waals surface area (Å²) in [4.78, 5) is 4.46. The van der Waals surface area contributed by atoms with Crippen LogP contribution in [0.2, 0.25) is 0 Å².